The van der Waals surface area contributed by atoms with E-state index in [0.29, 0.717) is 36.2 Å². The Morgan fingerprint density at radius 2 is 2.05 bits per heavy atom. The number of hydrogen-bond donors (Lipinski definition) is 2. The first kappa shape index (κ1) is 25.9. The summed E-state index contributed by atoms with van der Waals surface area (Å²) in [5.74, 6) is 1.02. The number of fused-ring (bicyclic) bond motifs is 1. The Morgan fingerprint density at radius 1 is 1.21 bits per heavy atom. The molecule has 1 aliphatic heterocycles. The number of aromatic amines is 1. The largest absolute Gasteiger partial charge is 0.464 e. The van der Waals surface area contributed by atoms with Gasteiger partial charge >= 0.3 is 5.97 Å². The van der Waals surface area contributed by atoms with Crippen molar-refractivity contribution in [1.82, 2.24) is 30.2 Å². The number of unbranched alkanes of at least 4 members (excludes halogenated alkanes) is 1. The lowest BCUT2D eigenvalue weighted by Gasteiger charge is -2.27. The molecule has 38 heavy (non-hydrogen) atoms. The topological polar surface area (TPSA) is 122 Å². The lowest BCUT2D eigenvalue weighted by Crippen LogP contribution is -2.37. The van der Waals surface area contributed by atoms with E-state index in [4.69, 9.17) is 16.3 Å². The molecule has 0 spiro atoms. The number of aliphatic hydroxyl groups excluding tert-OH is 1. The number of benzene rings is 2. The lowest BCUT2D eigenvalue weighted by atomic mass is 10.1. The van der Waals surface area contributed by atoms with Gasteiger partial charge in [0.25, 0.3) is 0 Å². The number of halogens is 1. The minimum absolute atomic E-state index is 0.186. The molecular formula is C27H30ClN7O3. The highest BCUT2D eigenvalue weighted by Crippen LogP contribution is 2.43. The molecule has 3 heterocycles. The van der Waals surface area contributed by atoms with Gasteiger partial charge < -0.3 is 19.3 Å². The third-order valence-corrected chi connectivity index (χ3v) is 7.09. The van der Waals surface area contributed by atoms with Crippen LogP contribution in [0, 0.1) is 0 Å². The molecule has 0 saturated carbocycles. The fourth-order valence-corrected chi connectivity index (χ4v) is 5.29. The van der Waals surface area contributed by atoms with Crippen LogP contribution in [0.3, 0.4) is 0 Å². The molecular weight excluding hydrogens is 506 g/mol. The number of tetrazole rings is 1. The molecule has 198 valence electrons. The van der Waals surface area contributed by atoms with Crippen molar-refractivity contribution in [2.24, 2.45) is 0 Å². The number of imidazole rings is 1. The average Bonchev–Trinajstić information content (AvgIpc) is 3.65. The van der Waals surface area contributed by atoms with Crippen LogP contribution in [0.4, 0.5) is 11.4 Å². The van der Waals surface area contributed by atoms with Crippen molar-refractivity contribution in [2.45, 2.75) is 58.7 Å². The van der Waals surface area contributed by atoms with E-state index in [9.17, 15) is 9.90 Å². The van der Waals surface area contributed by atoms with Crippen molar-refractivity contribution in [3.05, 3.63) is 70.3 Å². The molecule has 11 heteroatoms. The van der Waals surface area contributed by atoms with Gasteiger partial charge in [-0.05, 0) is 47.9 Å². The maximum absolute atomic E-state index is 13.1. The number of nitrogens with zero attached hydrogens (tertiary/aromatic N) is 6. The van der Waals surface area contributed by atoms with Crippen molar-refractivity contribution in [1.29, 1.82) is 0 Å². The molecule has 0 fully saturated rings. The molecule has 1 atom stereocenters. The van der Waals surface area contributed by atoms with Gasteiger partial charge in [0.05, 0.1) is 24.6 Å². The number of aromatic nitrogens is 6. The Balaban J connectivity index is 1.54. The Labute approximate surface area is 225 Å². The maximum atomic E-state index is 13.1. The SMILES string of the molecule is CCCCc1nc(Cl)c(CO)n1Cc1ccc2c(c1)CC(C(=O)OCC)N2c1ccccc1-c1nn[nH]n1. The van der Waals surface area contributed by atoms with Gasteiger partial charge in [-0.1, -0.05) is 49.2 Å². The van der Waals surface area contributed by atoms with E-state index < -0.39 is 6.04 Å². The number of carbonyl (C=O) groups excluding carboxylic acids is 1. The highest BCUT2D eigenvalue weighted by Gasteiger charge is 2.38. The quantitative estimate of drug-likeness (QED) is 0.289. The molecule has 2 aromatic heterocycles. The second-order valence-corrected chi connectivity index (χ2v) is 9.53. The molecule has 10 nitrogen and oxygen atoms in total. The standard InChI is InChI=1S/C27H30ClN7O3/c1-3-5-10-24-29-25(28)23(16-36)34(24)15-17-11-12-20-18(13-17)14-22(27(37)38-4-2)35(20)21-9-7-6-8-19(21)26-30-32-33-31-26/h6-9,11-13,22,36H,3-5,10,14-16H2,1-2H3,(H,30,31,32,33). The van der Waals surface area contributed by atoms with E-state index in [1.54, 1.807) is 6.92 Å². The van der Waals surface area contributed by atoms with Crippen LogP contribution in [0.15, 0.2) is 42.5 Å². The number of anilines is 2. The van der Waals surface area contributed by atoms with E-state index in [1.807, 2.05) is 45.9 Å². The molecule has 0 saturated heterocycles. The smallest absolute Gasteiger partial charge is 0.329 e. The number of aliphatic hydroxyl groups is 1. The third-order valence-electron chi connectivity index (χ3n) is 6.78. The van der Waals surface area contributed by atoms with Crippen LogP contribution >= 0.6 is 11.6 Å². The van der Waals surface area contributed by atoms with E-state index >= 15 is 0 Å². The van der Waals surface area contributed by atoms with Gasteiger partial charge in [0, 0.05) is 30.6 Å². The zero-order chi connectivity index (χ0) is 26.6. The van der Waals surface area contributed by atoms with Crippen LogP contribution in [-0.2, 0) is 35.5 Å². The number of aryl methyl sites for hydroxylation is 1. The Kier molecular flexibility index (Phi) is 7.71. The number of esters is 1. The highest BCUT2D eigenvalue weighted by atomic mass is 35.5. The summed E-state index contributed by atoms with van der Waals surface area (Å²) in [7, 11) is 0. The fraction of sp³-hybridized carbons (Fsp3) is 0.370. The fourth-order valence-electron chi connectivity index (χ4n) is 5.03. The monoisotopic (exact) mass is 535 g/mol. The molecule has 2 N–H and O–H groups in total. The van der Waals surface area contributed by atoms with Crippen molar-refractivity contribution < 1.29 is 14.6 Å². The third kappa shape index (κ3) is 4.89. The van der Waals surface area contributed by atoms with Crippen LogP contribution in [-0.4, -0.2) is 53.9 Å². The normalized spacial score (nSPS) is 14.6. The Bertz CT molecular complexity index is 1420. The van der Waals surface area contributed by atoms with Crippen LogP contribution in [0.5, 0.6) is 0 Å². The Morgan fingerprint density at radius 3 is 2.79 bits per heavy atom. The Hall–Kier alpha value is -3.76. The lowest BCUT2D eigenvalue weighted by molar-refractivity contribution is -0.144. The van der Waals surface area contributed by atoms with Gasteiger partial charge in [-0.2, -0.15) is 5.21 Å². The van der Waals surface area contributed by atoms with Crippen molar-refractivity contribution >= 4 is 28.9 Å². The number of rotatable bonds is 10. The molecule has 4 aromatic rings. The molecule has 1 unspecified atom stereocenters. The summed E-state index contributed by atoms with van der Waals surface area (Å²) < 4.78 is 7.47. The molecule has 1 aliphatic rings. The van der Waals surface area contributed by atoms with Gasteiger partial charge in [-0.3, -0.25) is 0 Å². The zero-order valence-corrected chi connectivity index (χ0v) is 22.1. The molecule has 0 aliphatic carbocycles. The number of nitrogens with one attached hydrogen (secondary N) is 1. The second-order valence-electron chi connectivity index (χ2n) is 9.17. The van der Waals surface area contributed by atoms with Crippen molar-refractivity contribution in [3.8, 4) is 11.4 Å². The van der Waals surface area contributed by atoms with Crippen molar-refractivity contribution in [2.75, 3.05) is 11.5 Å². The number of H-pyrrole nitrogens is 1. The minimum Gasteiger partial charge on any atom is -0.464 e. The van der Waals surface area contributed by atoms with Crippen LogP contribution in [0.25, 0.3) is 11.4 Å². The summed E-state index contributed by atoms with van der Waals surface area (Å²) in [5.41, 5.74) is 5.13. The predicted molar refractivity (Wildman–Crippen MR) is 143 cm³/mol. The first-order chi connectivity index (χ1) is 18.5. The van der Waals surface area contributed by atoms with Gasteiger partial charge in [-0.25, -0.2) is 9.78 Å². The maximum Gasteiger partial charge on any atom is 0.329 e. The second kappa shape index (κ2) is 11.3. The molecule has 2 aromatic carbocycles. The summed E-state index contributed by atoms with van der Waals surface area (Å²) in [6.45, 7) is 4.56. The van der Waals surface area contributed by atoms with Crippen LogP contribution in [0.2, 0.25) is 5.15 Å². The first-order valence-corrected chi connectivity index (χ1v) is 13.2. The highest BCUT2D eigenvalue weighted by molar-refractivity contribution is 6.30. The number of hydrogen-bond acceptors (Lipinski definition) is 8. The molecule has 0 bridgehead atoms. The first-order valence-electron chi connectivity index (χ1n) is 12.8. The van der Waals surface area contributed by atoms with Gasteiger partial charge in [0.1, 0.15) is 11.9 Å². The molecule has 5 rings (SSSR count). The van der Waals surface area contributed by atoms with Gasteiger partial charge in [0.15, 0.2) is 5.15 Å². The summed E-state index contributed by atoms with van der Waals surface area (Å²) >= 11 is 6.35. The van der Waals surface area contributed by atoms with Crippen molar-refractivity contribution in [3.63, 3.8) is 0 Å². The summed E-state index contributed by atoms with van der Waals surface area (Å²) in [4.78, 5) is 19.6. The van der Waals surface area contributed by atoms with Crippen LogP contribution < -0.4 is 4.90 Å². The van der Waals surface area contributed by atoms with Gasteiger partial charge in [-0.15, -0.1) is 10.2 Å². The predicted octanol–water partition coefficient (Wildman–Crippen LogP) is 4.23. The van der Waals surface area contributed by atoms with Crippen LogP contribution in [0.1, 0.15) is 49.3 Å². The summed E-state index contributed by atoms with van der Waals surface area (Å²) in [6.07, 6.45) is 3.29. The molecule has 0 amide bonds. The zero-order valence-electron chi connectivity index (χ0n) is 21.4. The minimum atomic E-state index is -0.538. The van der Waals surface area contributed by atoms with E-state index in [-0.39, 0.29) is 12.6 Å². The van der Waals surface area contributed by atoms with E-state index in [1.165, 1.54) is 0 Å². The summed E-state index contributed by atoms with van der Waals surface area (Å²) in [6, 6.07) is 13.3. The molecule has 0 radical (unpaired) electrons. The number of carbonyl (C=O) groups is 1. The number of para-hydroxylation sites is 1. The average molecular weight is 536 g/mol. The van der Waals surface area contributed by atoms with E-state index in [2.05, 4.69) is 38.6 Å². The number of ether oxygens (including phenoxy) is 1. The summed E-state index contributed by atoms with van der Waals surface area (Å²) in [5, 5.41) is 24.8. The van der Waals surface area contributed by atoms with E-state index in [0.717, 1.165) is 53.2 Å². The van der Waals surface area contributed by atoms with Gasteiger partial charge in [0.2, 0.25) is 5.82 Å².